The maximum atomic E-state index is 5.76. The van der Waals surface area contributed by atoms with E-state index >= 15 is 0 Å². The Balaban J connectivity index is 1.37. The summed E-state index contributed by atoms with van der Waals surface area (Å²) in [6.07, 6.45) is 6.69. The highest BCUT2D eigenvalue weighted by Gasteiger charge is 2.28. The summed E-state index contributed by atoms with van der Waals surface area (Å²) in [7, 11) is 2.16. The Kier molecular flexibility index (Phi) is 4.91. The minimum atomic E-state index is 0.298. The smallest absolute Gasteiger partial charge is 0.161 e. The Morgan fingerprint density at radius 1 is 1.11 bits per heavy atom. The number of rotatable bonds is 3. The highest BCUT2D eigenvalue weighted by Crippen LogP contribution is 2.34. The largest absolute Gasteiger partial charge is 0.486 e. The van der Waals surface area contributed by atoms with Crippen LogP contribution < -0.4 is 9.47 Å². The first-order valence-electron chi connectivity index (χ1n) is 10.4. The molecule has 1 aromatic heterocycles. The van der Waals surface area contributed by atoms with Gasteiger partial charge in [0.05, 0.1) is 6.04 Å². The number of hydrogen-bond donors (Lipinski definition) is 0. The lowest BCUT2D eigenvalue weighted by Gasteiger charge is -2.35. The molecule has 1 fully saturated rings. The van der Waals surface area contributed by atoms with E-state index in [0.717, 1.165) is 56.3 Å². The third-order valence-corrected chi connectivity index (χ3v) is 6.05. The third-order valence-electron chi connectivity index (χ3n) is 6.05. The van der Waals surface area contributed by atoms with Gasteiger partial charge in [0.2, 0.25) is 0 Å². The number of likely N-dealkylation sites (N-methyl/N-ethyl adjacent to an activating group) is 1. The first-order chi connectivity index (χ1) is 13.8. The number of likely N-dealkylation sites (tertiary alicyclic amines) is 1. The molecular weight excluding hydrogens is 352 g/mol. The van der Waals surface area contributed by atoms with Crippen molar-refractivity contribution in [2.45, 2.75) is 44.8 Å². The van der Waals surface area contributed by atoms with Gasteiger partial charge < -0.3 is 14.4 Å². The van der Waals surface area contributed by atoms with Crippen LogP contribution in [0.3, 0.4) is 0 Å². The maximum absolute atomic E-state index is 5.76. The predicted octanol–water partition coefficient (Wildman–Crippen LogP) is 2.96. The number of fused-ring (bicyclic) bond motifs is 2. The summed E-state index contributed by atoms with van der Waals surface area (Å²) in [5, 5.41) is 0. The van der Waals surface area contributed by atoms with Crippen LogP contribution >= 0.6 is 0 Å². The van der Waals surface area contributed by atoms with Gasteiger partial charge in [0.25, 0.3) is 0 Å². The van der Waals surface area contributed by atoms with Crippen molar-refractivity contribution in [3.8, 4) is 11.5 Å². The molecule has 0 bridgehead atoms. The molecule has 5 rings (SSSR count). The quantitative estimate of drug-likeness (QED) is 0.816. The number of hydrogen-bond acceptors (Lipinski definition) is 6. The second-order valence-electron chi connectivity index (χ2n) is 8.15. The lowest BCUT2D eigenvalue weighted by atomic mass is 9.99. The van der Waals surface area contributed by atoms with Gasteiger partial charge in [-0.3, -0.25) is 4.90 Å². The molecule has 0 amide bonds. The Bertz CT molecular complexity index is 856. The number of piperidine rings is 1. The maximum Gasteiger partial charge on any atom is 0.161 e. The monoisotopic (exact) mass is 380 g/mol. The molecule has 1 unspecified atom stereocenters. The van der Waals surface area contributed by atoms with Crippen molar-refractivity contribution >= 4 is 0 Å². The fourth-order valence-corrected chi connectivity index (χ4v) is 4.53. The van der Waals surface area contributed by atoms with Crippen LogP contribution in [0.25, 0.3) is 0 Å². The molecule has 1 atom stereocenters. The zero-order valence-electron chi connectivity index (χ0n) is 16.6. The van der Waals surface area contributed by atoms with Crippen LogP contribution in [0.15, 0.2) is 24.4 Å². The van der Waals surface area contributed by atoms with Gasteiger partial charge in [-0.15, -0.1) is 0 Å². The van der Waals surface area contributed by atoms with E-state index in [4.69, 9.17) is 19.4 Å². The summed E-state index contributed by atoms with van der Waals surface area (Å²) in [4.78, 5) is 14.7. The van der Waals surface area contributed by atoms with Gasteiger partial charge in [-0.25, -0.2) is 9.97 Å². The first-order valence-corrected chi connectivity index (χ1v) is 10.4. The number of ether oxygens (including phenoxy) is 2. The van der Waals surface area contributed by atoms with Crippen molar-refractivity contribution < 1.29 is 9.47 Å². The van der Waals surface area contributed by atoms with Crippen LogP contribution in [-0.2, 0) is 19.5 Å². The average Bonchev–Trinajstić information content (AvgIpc) is 2.74. The average molecular weight is 380 g/mol. The molecule has 28 heavy (non-hydrogen) atoms. The summed E-state index contributed by atoms with van der Waals surface area (Å²) in [5.74, 6) is 2.72. The van der Waals surface area contributed by atoms with Crippen LogP contribution in [-0.4, -0.2) is 53.1 Å². The van der Waals surface area contributed by atoms with Gasteiger partial charge in [-0.2, -0.15) is 0 Å². The van der Waals surface area contributed by atoms with Gasteiger partial charge in [0.15, 0.2) is 11.5 Å². The fourth-order valence-electron chi connectivity index (χ4n) is 4.53. The molecule has 0 spiro atoms. The van der Waals surface area contributed by atoms with Crippen LogP contribution in [0.5, 0.6) is 11.5 Å². The fraction of sp³-hybridized carbons (Fsp3) is 0.545. The van der Waals surface area contributed by atoms with E-state index in [2.05, 4.69) is 35.2 Å². The number of aromatic nitrogens is 2. The Morgan fingerprint density at radius 3 is 2.93 bits per heavy atom. The molecule has 148 valence electrons. The summed E-state index contributed by atoms with van der Waals surface area (Å²) in [5.41, 5.74) is 3.79. The Labute approximate surface area is 166 Å². The summed E-state index contributed by atoms with van der Waals surface area (Å²) >= 11 is 0. The van der Waals surface area contributed by atoms with Crippen molar-refractivity contribution in [3.05, 3.63) is 47.0 Å². The highest BCUT2D eigenvalue weighted by molar-refractivity contribution is 5.43. The van der Waals surface area contributed by atoms with Crippen molar-refractivity contribution in [2.75, 3.05) is 33.4 Å². The predicted molar refractivity (Wildman–Crippen MR) is 107 cm³/mol. The first kappa shape index (κ1) is 17.9. The molecule has 3 aliphatic rings. The van der Waals surface area contributed by atoms with Crippen LogP contribution in [0.2, 0.25) is 0 Å². The second kappa shape index (κ2) is 7.68. The molecule has 6 heteroatoms. The van der Waals surface area contributed by atoms with Crippen LogP contribution in [0.4, 0.5) is 0 Å². The Morgan fingerprint density at radius 2 is 2.00 bits per heavy atom. The van der Waals surface area contributed by atoms with Gasteiger partial charge in [-0.05, 0) is 44.1 Å². The van der Waals surface area contributed by atoms with Gasteiger partial charge in [-0.1, -0.05) is 12.5 Å². The molecule has 1 aromatic carbocycles. The van der Waals surface area contributed by atoms with Crippen LogP contribution in [0.1, 0.15) is 47.9 Å². The molecule has 0 N–H and O–H groups in total. The minimum Gasteiger partial charge on any atom is -0.486 e. The number of benzene rings is 1. The summed E-state index contributed by atoms with van der Waals surface area (Å²) in [6, 6.07) is 6.62. The van der Waals surface area contributed by atoms with E-state index < -0.39 is 0 Å². The van der Waals surface area contributed by atoms with E-state index in [1.54, 1.807) is 0 Å². The highest BCUT2D eigenvalue weighted by atomic mass is 16.6. The molecule has 1 saturated heterocycles. The van der Waals surface area contributed by atoms with Gasteiger partial charge in [0.1, 0.15) is 19.0 Å². The van der Waals surface area contributed by atoms with E-state index in [-0.39, 0.29) is 0 Å². The van der Waals surface area contributed by atoms with Gasteiger partial charge >= 0.3 is 0 Å². The molecular formula is C22H28N4O2. The molecule has 3 aliphatic heterocycles. The van der Waals surface area contributed by atoms with Crippen molar-refractivity contribution in [3.63, 3.8) is 0 Å². The molecule has 0 saturated carbocycles. The van der Waals surface area contributed by atoms with Crippen molar-refractivity contribution in [2.24, 2.45) is 0 Å². The topological polar surface area (TPSA) is 50.7 Å². The summed E-state index contributed by atoms with van der Waals surface area (Å²) < 4.78 is 11.4. The van der Waals surface area contributed by atoms with Crippen molar-refractivity contribution in [1.29, 1.82) is 0 Å². The van der Waals surface area contributed by atoms with Crippen LogP contribution in [0, 0.1) is 0 Å². The van der Waals surface area contributed by atoms with E-state index in [9.17, 15) is 0 Å². The molecule has 0 radical (unpaired) electrons. The SMILES string of the molecule is CN1CCc2nc(C3CCCCN3Cc3ccc4c(c3)OCCO4)ncc2C1. The van der Waals surface area contributed by atoms with E-state index in [1.807, 2.05) is 6.07 Å². The molecule has 0 aliphatic carbocycles. The number of nitrogens with zero attached hydrogens (tertiary/aromatic N) is 4. The minimum absolute atomic E-state index is 0.298. The standard InChI is InChI=1S/C22H28N4O2/c1-25-9-7-18-17(15-25)13-23-22(24-18)19-4-2-3-8-26(19)14-16-5-6-20-21(12-16)28-11-10-27-20/h5-6,12-13,19H,2-4,7-11,14-15H2,1H3. The lowest BCUT2D eigenvalue weighted by molar-refractivity contribution is 0.132. The molecule has 6 nitrogen and oxygen atoms in total. The molecule has 4 heterocycles. The lowest BCUT2D eigenvalue weighted by Crippen LogP contribution is -2.35. The van der Waals surface area contributed by atoms with Gasteiger partial charge in [0, 0.05) is 43.5 Å². The normalized spacial score (nSPS) is 22.7. The zero-order valence-corrected chi connectivity index (χ0v) is 16.6. The molecule has 2 aromatic rings. The van der Waals surface area contributed by atoms with Crippen molar-refractivity contribution in [1.82, 2.24) is 19.8 Å². The van der Waals surface area contributed by atoms with E-state index in [0.29, 0.717) is 19.3 Å². The third kappa shape index (κ3) is 3.59. The second-order valence-corrected chi connectivity index (χ2v) is 8.15. The Hall–Kier alpha value is -2.18. The zero-order chi connectivity index (χ0) is 18.9. The van der Waals surface area contributed by atoms with E-state index in [1.165, 1.54) is 29.7 Å². The summed E-state index contributed by atoms with van der Waals surface area (Å²) in [6.45, 7) is 5.27.